The quantitative estimate of drug-likeness (QED) is 0.786. The van der Waals surface area contributed by atoms with Crippen LogP contribution in [0.3, 0.4) is 0 Å². The van der Waals surface area contributed by atoms with E-state index in [0.717, 1.165) is 37.9 Å². The minimum Gasteiger partial charge on any atom is -0.273 e. The molecule has 106 valence electrons. The molecule has 3 rings (SSSR count). The third kappa shape index (κ3) is 2.72. The summed E-state index contributed by atoms with van der Waals surface area (Å²) in [5.74, 6) is 0.184. The smallest absolute Gasteiger partial charge is 0.246 e. The number of hydrazone groups is 1. The molecule has 20 heavy (non-hydrogen) atoms. The lowest BCUT2D eigenvalue weighted by Gasteiger charge is -2.30. The van der Waals surface area contributed by atoms with Gasteiger partial charge in [0.1, 0.15) is 0 Å². The lowest BCUT2D eigenvalue weighted by molar-refractivity contribution is -0.138. The number of amides is 1. The molecule has 2 heterocycles. The minimum atomic E-state index is 0.0477. The molecule has 1 amide bonds. The van der Waals surface area contributed by atoms with Crippen molar-refractivity contribution in [2.45, 2.75) is 25.3 Å². The Morgan fingerprint density at radius 1 is 1.20 bits per heavy atom. The number of benzene rings is 1. The second kappa shape index (κ2) is 5.94. The first-order valence-corrected chi connectivity index (χ1v) is 7.40. The van der Waals surface area contributed by atoms with E-state index in [2.05, 4.69) is 17.2 Å². The third-order valence-corrected chi connectivity index (χ3v) is 4.37. The molecule has 1 saturated heterocycles. The van der Waals surface area contributed by atoms with Crippen LogP contribution < -0.4 is 0 Å². The highest BCUT2D eigenvalue weighted by Gasteiger charge is 2.34. The Morgan fingerprint density at radius 3 is 2.60 bits per heavy atom. The topological polar surface area (TPSA) is 35.9 Å². The zero-order chi connectivity index (χ0) is 13.9. The fraction of sp³-hybridized carbons (Fsp3) is 0.467. The lowest BCUT2D eigenvalue weighted by Crippen LogP contribution is -2.38. The fourth-order valence-electron chi connectivity index (χ4n) is 2.86. The van der Waals surface area contributed by atoms with E-state index in [-0.39, 0.29) is 17.9 Å². The van der Waals surface area contributed by atoms with Gasteiger partial charge in [-0.3, -0.25) is 4.79 Å². The average molecular weight is 292 g/mol. The molecular formula is C15H18ClN3O. The zero-order valence-electron chi connectivity index (χ0n) is 11.3. The molecule has 0 spiro atoms. The first-order chi connectivity index (χ1) is 9.75. The van der Waals surface area contributed by atoms with E-state index in [9.17, 15) is 4.79 Å². The van der Waals surface area contributed by atoms with E-state index in [4.69, 9.17) is 11.8 Å². The summed E-state index contributed by atoms with van der Waals surface area (Å²) in [6.07, 6.45) is 4.27. The van der Waals surface area contributed by atoms with Crippen LogP contribution in [0.5, 0.6) is 0 Å². The van der Waals surface area contributed by atoms with Crippen molar-refractivity contribution in [3.8, 4) is 0 Å². The van der Waals surface area contributed by atoms with Crippen LogP contribution in [0.25, 0.3) is 0 Å². The Kier molecular flexibility index (Phi) is 4.03. The maximum atomic E-state index is 12.6. The first-order valence-electron chi connectivity index (χ1n) is 7.07. The predicted molar refractivity (Wildman–Crippen MR) is 79.3 cm³/mol. The van der Waals surface area contributed by atoms with Gasteiger partial charge in [-0.05, 0) is 30.2 Å². The van der Waals surface area contributed by atoms with Gasteiger partial charge < -0.3 is 0 Å². The van der Waals surface area contributed by atoms with Crippen molar-refractivity contribution in [2.75, 3.05) is 13.1 Å². The maximum absolute atomic E-state index is 12.6. The second-order valence-electron chi connectivity index (χ2n) is 5.33. The Balaban J connectivity index is 1.72. The molecule has 2 aliphatic heterocycles. The largest absolute Gasteiger partial charge is 0.273 e. The number of nitrogens with zero attached hydrogens (tertiary/aromatic N) is 3. The van der Waals surface area contributed by atoms with Gasteiger partial charge in [-0.2, -0.15) is 5.10 Å². The van der Waals surface area contributed by atoms with Crippen LogP contribution in [0, 0.1) is 5.92 Å². The van der Waals surface area contributed by atoms with Crippen molar-refractivity contribution in [3.63, 3.8) is 0 Å². The summed E-state index contributed by atoms with van der Waals surface area (Å²) in [6.45, 7) is 1.54. The number of hydrogen-bond acceptors (Lipinski definition) is 3. The highest BCUT2D eigenvalue weighted by molar-refractivity contribution is 6.13. The Bertz CT molecular complexity index is 497. The molecule has 1 aromatic rings. The highest BCUT2D eigenvalue weighted by atomic mass is 35.5. The number of carbonyl (C=O) groups is 1. The lowest BCUT2D eigenvalue weighted by atomic mass is 9.95. The van der Waals surface area contributed by atoms with E-state index >= 15 is 0 Å². The molecule has 1 unspecified atom stereocenters. The highest BCUT2D eigenvalue weighted by Crippen LogP contribution is 2.31. The monoisotopic (exact) mass is 291 g/mol. The van der Waals surface area contributed by atoms with Crippen molar-refractivity contribution in [1.82, 2.24) is 9.43 Å². The maximum Gasteiger partial charge on any atom is 0.246 e. The molecule has 0 aliphatic carbocycles. The molecule has 0 N–H and O–H groups in total. The van der Waals surface area contributed by atoms with Crippen LogP contribution in [0.1, 0.15) is 30.9 Å². The molecule has 2 aliphatic rings. The normalized spacial score (nSPS) is 24.2. The summed E-state index contributed by atoms with van der Waals surface area (Å²) in [5, 5.41) is 5.97. The van der Waals surface area contributed by atoms with Crippen LogP contribution in [0.15, 0.2) is 35.4 Å². The van der Waals surface area contributed by atoms with Gasteiger partial charge in [-0.1, -0.05) is 30.3 Å². The fourth-order valence-corrected chi connectivity index (χ4v) is 3.06. The molecule has 0 radical (unpaired) electrons. The number of carbonyl (C=O) groups excluding carboxylic acids is 1. The molecule has 1 aromatic carbocycles. The van der Waals surface area contributed by atoms with Gasteiger partial charge in [-0.25, -0.2) is 9.43 Å². The summed E-state index contributed by atoms with van der Waals surface area (Å²) in [6, 6.07) is 10.2. The van der Waals surface area contributed by atoms with Crippen molar-refractivity contribution in [3.05, 3.63) is 35.9 Å². The van der Waals surface area contributed by atoms with E-state index < -0.39 is 0 Å². The van der Waals surface area contributed by atoms with E-state index in [1.807, 2.05) is 24.4 Å². The standard InChI is InChI=1S/C15H18ClN3O/c16-18-10-7-13(8-11-18)15(20)19-14(6-9-17-19)12-4-2-1-3-5-12/h1-5,9,13-14H,6-8,10-11H2. The van der Waals surface area contributed by atoms with Crippen LogP contribution >= 0.6 is 11.8 Å². The summed E-state index contributed by atoms with van der Waals surface area (Å²) >= 11 is 5.95. The predicted octanol–water partition coefficient (Wildman–Crippen LogP) is 2.81. The Labute approximate surface area is 124 Å². The number of hydrogen-bond donors (Lipinski definition) is 0. The number of halogens is 1. The summed E-state index contributed by atoms with van der Waals surface area (Å²) < 4.78 is 1.76. The number of rotatable bonds is 2. The van der Waals surface area contributed by atoms with Crippen molar-refractivity contribution < 1.29 is 4.79 Å². The molecular weight excluding hydrogens is 274 g/mol. The van der Waals surface area contributed by atoms with Crippen molar-refractivity contribution in [2.24, 2.45) is 11.0 Å². The summed E-state index contributed by atoms with van der Waals surface area (Å²) in [7, 11) is 0. The van der Waals surface area contributed by atoms with Gasteiger partial charge in [0.05, 0.1) is 6.04 Å². The molecule has 0 saturated carbocycles. The van der Waals surface area contributed by atoms with Gasteiger partial charge in [-0.15, -0.1) is 0 Å². The second-order valence-corrected chi connectivity index (χ2v) is 5.81. The molecule has 1 fully saturated rings. The van der Waals surface area contributed by atoms with Crippen molar-refractivity contribution >= 4 is 23.9 Å². The molecule has 0 aromatic heterocycles. The molecule has 0 bridgehead atoms. The number of piperidine rings is 1. The zero-order valence-corrected chi connectivity index (χ0v) is 12.0. The molecule has 4 nitrogen and oxygen atoms in total. The van der Waals surface area contributed by atoms with Gasteiger partial charge in [0.2, 0.25) is 5.91 Å². The van der Waals surface area contributed by atoms with Gasteiger partial charge in [0.15, 0.2) is 0 Å². The SMILES string of the molecule is O=C(C1CCN(Cl)CC1)N1N=CCC1c1ccccc1. The van der Waals surface area contributed by atoms with Gasteiger partial charge in [0.25, 0.3) is 0 Å². The van der Waals surface area contributed by atoms with Crippen LogP contribution in [-0.4, -0.2) is 34.6 Å². The molecule has 1 atom stereocenters. The Morgan fingerprint density at radius 2 is 1.90 bits per heavy atom. The Hall–Kier alpha value is -1.39. The first kappa shape index (κ1) is 13.6. The van der Waals surface area contributed by atoms with E-state index in [1.54, 1.807) is 9.43 Å². The minimum absolute atomic E-state index is 0.0477. The van der Waals surface area contributed by atoms with Gasteiger partial charge in [0, 0.05) is 31.6 Å². The average Bonchev–Trinajstić information content (AvgIpc) is 2.97. The van der Waals surface area contributed by atoms with Crippen LogP contribution in [0.2, 0.25) is 0 Å². The molecule has 5 heteroatoms. The summed E-state index contributed by atoms with van der Waals surface area (Å²) in [4.78, 5) is 12.6. The van der Waals surface area contributed by atoms with Crippen LogP contribution in [0.4, 0.5) is 0 Å². The van der Waals surface area contributed by atoms with E-state index in [1.165, 1.54) is 0 Å². The van der Waals surface area contributed by atoms with E-state index in [0.29, 0.717) is 0 Å². The van der Waals surface area contributed by atoms with Crippen LogP contribution in [-0.2, 0) is 4.79 Å². The summed E-state index contributed by atoms with van der Waals surface area (Å²) in [5.41, 5.74) is 1.15. The van der Waals surface area contributed by atoms with Crippen molar-refractivity contribution in [1.29, 1.82) is 0 Å². The van der Waals surface area contributed by atoms with Gasteiger partial charge >= 0.3 is 0 Å². The third-order valence-electron chi connectivity index (χ3n) is 4.03.